The SMILES string of the molecule is OC(/C1=C/CCCCCC1)c1ccc(C(F)F)cc1. The van der Waals surface area contributed by atoms with Crippen molar-refractivity contribution in [1.29, 1.82) is 0 Å². The summed E-state index contributed by atoms with van der Waals surface area (Å²) in [5.41, 5.74) is 1.74. The molecule has 0 aromatic heterocycles. The van der Waals surface area contributed by atoms with Crippen molar-refractivity contribution in [1.82, 2.24) is 0 Å². The molecule has 1 aromatic carbocycles. The molecule has 1 nitrogen and oxygen atoms in total. The Balaban J connectivity index is 2.11. The second-order valence-electron chi connectivity index (χ2n) is 5.10. The average molecular weight is 266 g/mol. The quantitative estimate of drug-likeness (QED) is 0.768. The molecule has 1 aliphatic rings. The van der Waals surface area contributed by atoms with Crippen LogP contribution >= 0.6 is 0 Å². The molecule has 1 unspecified atom stereocenters. The van der Waals surface area contributed by atoms with E-state index in [1.165, 1.54) is 31.4 Å². The van der Waals surface area contributed by atoms with Gasteiger partial charge in [-0.15, -0.1) is 0 Å². The number of hydrogen-bond donors (Lipinski definition) is 1. The zero-order valence-corrected chi connectivity index (χ0v) is 11.0. The van der Waals surface area contributed by atoms with E-state index >= 15 is 0 Å². The molecular weight excluding hydrogens is 246 g/mol. The molecule has 1 N–H and O–H groups in total. The zero-order valence-electron chi connectivity index (χ0n) is 11.0. The molecule has 0 amide bonds. The van der Waals surface area contributed by atoms with Crippen molar-refractivity contribution in [2.45, 2.75) is 51.1 Å². The Morgan fingerprint density at radius 1 is 0.895 bits per heavy atom. The summed E-state index contributed by atoms with van der Waals surface area (Å²) in [5, 5.41) is 10.3. The standard InChI is InChI=1S/C16H20F2O/c17-16(18)14-10-8-13(9-11-14)15(19)12-6-4-2-1-3-5-7-12/h6,8-11,15-16,19H,1-5,7H2/b12-6+. The zero-order chi connectivity index (χ0) is 13.7. The summed E-state index contributed by atoms with van der Waals surface area (Å²) >= 11 is 0. The van der Waals surface area contributed by atoms with Crippen molar-refractivity contribution >= 4 is 0 Å². The summed E-state index contributed by atoms with van der Waals surface area (Å²) in [5.74, 6) is 0. The summed E-state index contributed by atoms with van der Waals surface area (Å²) in [6, 6.07) is 6.00. The fourth-order valence-electron chi connectivity index (χ4n) is 2.50. The van der Waals surface area contributed by atoms with Crippen LogP contribution in [0.15, 0.2) is 35.9 Å². The lowest BCUT2D eigenvalue weighted by molar-refractivity contribution is 0.151. The van der Waals surface area contributed by atoms with E-state index in [0.29, 0.717) is 5.56 Å². The maximum absolute atomic E-state index is 12.5. The van der Waals surface area contributed by atoms with E-state index in [4.69, 9.17) is 0 Å². The van der Waals surface area contributed by atoms with E-state index in [1.54, 1.807) is 12.1 Å². The van der Waals surface area contributed by atoms with Gasteiger partial charge in [-0.25, -0.2) is 8.78 Å². The van der Waals surface area contributed by atoms with Crippen molar-refractivity contribution in [3.63, 3.8) is 0 Å². The van der Waals surface area contributed by atoms with E-state index in [-0.39, 0.29) is 5.56 Å². The molecule has 0 saturated carbocycles. The molecule has 0 aliphatic heterocycles. The molecule has 3 heteroatoms. The first kappa shape index (κ1) is 14.2. The van der Waals surface area contributed by atoms with Gasteiger partial charge in [0.1, 0.15) is 6.10 Å². The molecule has 0 saturated heterocycles. The molecule has 1 atom stereocenters. The summed E-state index contributed by atoms with van der Waals surface area (Å²) < 4.78 is 25.0. The van der Waals surface area contributed by atoms with Gasteiger partial charge in [0, 0.05) is 5.56 Å². The lowest BCUT2D eigenvalue weighted by atomic mass is 9.92. The van der Waals surface area contributed by atoms with Crippen LogP contribution in [0, 0.1) is 0 Å². The fourth-order valence-corrected chi connectivity index (χ4v) is 2.50. The van der Waals surface area contributed by atoms with Crippen LogP contribution in [0.25, 0.3) is 0 Å². The van der Waals surface area contributed by atoms with Crippen molar-refractivity contribution in [3.05, 3.63) is 47.0 Å². The minimum absolute atomic E-state index is 0.00240. The first-order valence-corrected chi connectivity index (χ1v) is 6.93. The van der Waals surface area contributed by atoms with Gasteiger partial charge >= 0.3 is 0 Å². The van der Waals surface area contributed by atoms with Crippen LogP contribution in [0.2, 0.25) is 0 Å². The van der Waals surface area contributed by atoms with Crippen molar-refractivity contribution in [2.75, 3.05) is 0 Å². The summed E-state index contributed by atoms with van der Waals surface area (Å²) in [6.45, 7) is 0. The molecule has 19 heavy (non-hydrogen) atoms. The Hall–Kier alpha value is -1.22. The predicted octanol–water partition coefficient (Wildman–Crippen LogP) is 4.94. The maximum atomic E-state index is 12.5. The summed E-state index contributed by atoms with van der Waals surface area (Å²) in [6.07, 6.45) is 5.64. The summed E-state index contributed by atoms with van der Waals surface area (Å²) in [7, 11) is 0. The van der Waals surface area contributed by atoms with Gasteiger partial charge in [0.15, 0.2) is 0 Å². The number of benzene rings is 1. The smallest absolute Gasteiger partial charge is 0.263 e. The normalized spacial score (nSPS) is 21.4. The van der Waals surface area contributed by atoms with E-state index < -0.39 is 12.5 Å². The third-order valence-electron chi connectivity index (χ3n) is 3.68. The highest BCUT2D eigenvalue weighted by Crippen LogP contribution is 2.29. The topological polar surface area (TPSA) is 20.2 Å². The van der Waals surface area contributed by atoms with Crippen molar-refractivity contribution in [3.8, 4) is 0 Å². The number of halogens is 2. The molecular formula is C16H20F2O. The number of aliphatic hydroxyl groups excluding tert-OH is 1. The molecule has 0 fully saturated rings. The molecule has 1 aliphatic carbocycles. The van der Waals surface area contributed by atoms with Crippen molar-refractivity contribution < 1.29 is 13.9 Å². The predicted molar refractivity (Wildman–Crippen MR) is 72.1 cm³/mol. The Morgan fingerprint density at radius 3 is 2.21 bits per heavy atom. The monoisotopic (exact) mass is 266 g/mol. The third kappa shape index (κ3) is 3.87. The molecule has 0 bridgehead atoms. The first-order valence-electron chi connectivity index (χ1n) is 6.93. The van der Waals surface area contributed by atoms with Crippen LogP contribution in [0.1, 0.15) is 62.2 Å². The highest BCUT2D eigenvalue weighted by Gasteiger charge is 2.15. The highest BCUT2D eigenvalue weighted by atomic mass is 19.3. The van der Waals surface area contributed by atoms with Gasteiger partial charge in [-0.1, -0.05) is 43.2 Å². The van der Waals surface area contributed by atoms with E-state index in [2.05, 4.69) is 6.08 Å². The minimum atomic E-state index is -2.45. The molecule has 0 spiro atoms. The number of aliphatic hydroxyl groups is 1. The minimum Gasteiger partial charge on any atom is -0.384 e. The number of alkyl halides is 2. The number of hydrogen-bond acceptors (Lipinski definition) is 1. The van der Waals surface area contributed by atoms with Gasteiger partial charge in [-0.3, -0.25) is 0 Å². The van der Waals surface area contributed by atoms with Crippen LogP contribution in [0.3, 0.4) is 0 Å². The molecule has 0 radical (unpaired) electrons. The average Bonchev–Trinajstić information content (AvgIpc) is 2.38. The maximum Gasteiger partial charge on any atom is 0.263 e. The van der Waals surface area contributed by atoms with Crippen LogP contribution in [-0.2, 0) is 0 Å². The summed E-state index contributed by atoms with van der Waals surface area (Å²) in [4.78, 5) is 0. The number of rotatable bonds is 3. The van der Waals surface area contributed by atoms with Crippen LogP contribution in [0.5, 0.6) is 0 Å². The first-order chi connectivity index (χ1) is 9.18. The number of allylic oxidation sites excluding steroid dienone is 1. The van der Waals surface area contributed by atoms with Gasteiger partial charge in [0.05, 0.1) is 0 Å². The van der Waals surface area contributed by atoms with Gasteiger partial charge in [-0.2, -0.15) is 0 Å². The van der Waals surface area contributed by atoms with Gasteiger partial charge in [-0.05, 0) is 36.8 Å². The van der Waals surface area contributed by atoms with Gasteiger partial charge in [0.2, 0.25) is 0 Å². The lowest BCUT2D eigenvalue weighted by Crippen LogP contribution is -2.04. The molecule has 104 valence electrons. The van der Waals surface area contributed by atoms with E-state index in [9.17, 15) is 13.9 Å². The highest BCUT2D eigenvalue weighted by molar-refractivity contribution is 5.30. The second kappa shape index (κ2) is 6.80. The lowest BCUT2D eigenvalue weighted by Gasteiger charge is -2.18. The van der Waals surface area contributed by atoms with Crippen LogP contribution in [-0.4, -0.2) is 5.11 Å². The Bertz CT molecular complexity index is 423. The Kier molecular flexibility index (Phi) is 5.08. The molecule has 0 heterocycles. The molecule has 1 aromatic rings. The molecule has 2 rings (SSSR count). The van der Waals surface area contributed by atoms with E-state index in [1.807, 2.05) is 0 Å². The van der Waals surface area contributed by atoms with Crippen molar-refractivity contribution in [2.24, 2.45) is 0 Å². The fraction of sp³-hybridized carbons (Fsp3) is 0.500. The van der Waals surface area contributed by atoms with Crippen LogP contribution in [0.4, 0.5) is 8.78 Å². The second-order valence-corrected chi connectivity index (χ2v) is 5.10. The Morgan fingerprint density at radius 2 is 1.53 bits per heavy atom. The third-order valence-corrected chi connectivity index (χ3v) is 3.68. The van der Waals surface area contributed by atoms with E-state index in [0.717, 1.165) is 24.8 Å². The largest absolute Gasteiger partial charge is 0.384 e. The van der Waals surface area contributed by atoms with Gasteiger partial charge in [0.25, 0.3) is 6.43 Å². The van der Waals surface area contributed by atoms with Crippen LogP contribution < -0.4 is 0 Å². The Labute approximate surface area is 113 Å². The van der Waals surface area contributed by atoms with Gasteiger partial charge < -0.3 is 5.11 Å².